The molecule has 0 aliphatic carbocycles. The van der Waals surface area contributed by atoms with Crippen LogP contribution in [0.3, 0.4) is 0 Å². The Morgan fingerprint density at radius 3 is 1.18 bits per heavy atom. The predicted molar refractivity (Wildman–Crippen MR) is 258 cm³/mol. The van der Waals surface area contributed by atoms with Crippen molar-refractivity contribution >= 4 is 96.5 Å². The first-order valence-electron chi connectivity index (χ1n) is 20.6. The van der Waals surface area contributed by atoms with Crippen LogP contribution in [0.5, 0.6) is 0 Å². The number of benzene rings is 11. The lowest BCUT2D eigenvalue weighted by Gasteiger charge is -2.18. The second kappa shape index (κ2) is 13.0. The molecule has 13 aromatic rings. The zero-order valence-electron chi connectivity index (χ0n) is 32.4. The van der Waals surface area contributed by atoms with Crippen LogP contribution in [0.1, 0.15) is 0 Å². The fourth-order valence-corrected chi connectivity index (χ4v) is 11.2. The van der Waals surface area contributed by atoms with Crippen LogP contribution < -0.4 is 0 Å². The van der Waals surface area contributed by atoms with Crippen molar-refractivity contribution in [2.45, 2.75) is 0 Å². The maximum atomic E-state index is 6.39. The molecule has 0 amide bonds. The second-order valence-electron chi connectivity index (χ2n) is 15.9. The Labute approximate surface area is 350 Å². The number of rotatable bonds is 4. The molecule has 0 radical (unpaired) electrons. The molecule has 11 aromatic carbocycles. The van der Waals surface area contributed by atoms with Gasteiger partial charge >= 0.3 is 0 Å². The van der Waals surface area contributed by atoms with Crippen molar-refractivity contribution in [3.63, 3.8) is 0 Å². The van der Waals surface area contributed by atoms with E-state index in [1.54, 1.807) is 0 Å². The smallest absolute Gasteiger partial charge is 0.136 e. The molecule has 0 bridgehead atoms. The van der Waals surface area contributed by atoms with Gasteiger partial charge in [-0.25, -0.2) is 0 Å². The molecule has 2 heteroatoms. The maximum absolute atomic E-state index is 6.39. The topological polar surface area (TPSA) is 13.1 Å². The summed E-state index contributed by atoms with van der Waals surface area (Å²) in [5, 5.41) is 14.9. The zero-order valence-corrected chi connectivity index (χ0v) is 33.3. The van der Waals surface area contributed by atoms with Crippen molar-refractivity contribution in [1.29, 1.82) is 0 Å². The SMILES string of the molecule is c1ccc(-c2c3ccccc3c(-c3ccc4sc5cc(-c6c7ccccc7c(-c7ccc8c(c7)oc7ccccc78)c7ccccc67)ccc5c4c3)c3ccccc23)cc1. The van der Waals surface area contributed by atoms with Crippen molar-refractivity contribution in [3.8, 4) is 44.5 Å². The van der Waals surface area contributed by atoms with E-state index in [-0.39, 0.29) is 0 Å². The Bertz CT molecular complexity index is 3770. The third-order valence-electron chi connectivity index (χ3n) is 12.6. The number of para-hydroxylation sites is 1. The van der Waals surface area contributed by atoms with Gasteiger partial charge in [0.05, 0.1) is 0 Å². The minimum absolute atomic E-state index is 0.912. The van der Waals surface area contributed by atoms with Gasteiger partial charge in [-0.1, -0.05) is 170 Å². The molecule has 60 heavy (non-hydrogen) atoms. The van der Waals surface area contributed by atoms with Crippen molar-refractivity contribution < 1.29 is 4.42 Å². The van der Waals surface area contributed by atoms with Crippen LogP contribution in [0.15, 0.2) is 211 Å². The molecule has 0 unspecified atom stereocenters. The molecule has 278 valence electrons. The average molecular weight is 779 g/mol. The number of hydrogen-bond donors (Lipinski definition) is 0. The highest BCUT2D eigenvalue weighted by atomic mass is 32.1. The van der Waals surface area contributed by atoms with Gasteiger partial charge in [0.1, 0.15) is 11.2 Å². The molecule has 0 N–H and O–H groups in total. The molecular weight excluding hydrogens is 745 g/mol. The molecule has 0 saturated heterocycles. The molecule has 2 aromatic heterocycles. The molecule has 0 spiro atoms. The summed E-state index contributed by atoms with van der Waals surface area (Å²) in [5.74, 6) is 0. The van der Waals surface area contributed by atoms with Crippen molar-refractivity contribution in [2.24, 2.45) is 0 Å². The van der Waals surface area contributed by atoms with Gasteiger partial charge in [0.2, 0.25) is 0 Å². The first kappa shape index (κ1) is 33.5. The summed E-state index contributed by atoms with van der Waals surface area (Å²) in [6, 6.07) is 75.7. The van der Waals surface area contributed by atoms with Crippen molar-refractivity contribution in [3.05, 3.63) is 206 Å². The van der Waals surface area contributed by atoms with Crippen LogP contribution in [0, 0.1) is 0 Å². The first-order chi connectivity index (χ1) is 29.8. The zero-order chi connectivity index (χ0) is 39.3. The highest BCUT2D eigenvalue weighted by Crippen LogP contribution is 2.48. The molecule has 1 nitrogen and oxygen atoms in total. The van der Waals surface area contributed by atoms with Crippen LogP contribution in [-0.2, 0) is 0 Å². The Morgan fingerprint density at radius 2 is 0.633 bits per heavy atom. The summed E-state index contributed by atoms with van der Waals surface area (Å²) in [6.45, 7) is 0. The third-order valence-corrected chi connectivity index (χ3v) is 13.8. The molecule has 2 heterocycles. The third kappa shape index (κ3) is 4.92. The number of furan rings is 1. The van der Waals surface area contributed by atoms with E-state index >= 15 is 0 Å². The predicted octanol–water partition coefficient (Wildman–Crippen LogP) is 17.2. The van der Waals surface area contributed by atoms with Crippen LogP contribution in [0.2, 0.25) is 0 Å². The summed E-state index contributed by atoms with van der Waals surface area (Å²) in [6.07, 6.45) is 0. The number of hydrogen-bond acceptors (Lipinski definition) is 2. The first-order valence-corrected chi connectivity index (χ1v) is 21.4. The number of thiophene rings is 1. The standard InChI is InChI=1S/C58H34OS/c1-2-14-35(15-3-1)55-42-17-4-6-19-44(42)56(45-20-7-5-18-43(45)55)36-28-31-53-50(32-36)41-30-27-38(34-54(41)60-53)58-48-23-10-8-21-46(48)57(47-22-9-11-24-49(47)58)37-26-29-40-39-16-12-13-25-51(39)59-52(40)33-37/h1-34H. The Hall–Kier alpha value is -7.52. The van der Waals surface area contributed by atoms with Gasteiger partial charge in [0, 0.05) is 30.9 Å². The van der Waals surface area contributed by atoms with E-state index in [2.05, 4.69) is 200 Å². The van der Waals surface area contributed by atoms with Crippen molar-refractivity contribution in [2.75, 3.05) is 0 Å². The Balaban J connectivity index is 0.994. The molecule has 13 rings (SSSR count). The quantitative estimate of drug-likeness (QED) is 0.162. The van der Waals surface area contributed by atoms with Crippen molar-refractivity contribution in [1.82, 2.24) is 0 Å². The summed E-state index contributed by atoms with van der Waals surface area (Å²) in [7, 11) is 0. The van der Waals surface area contributed by atoms with Gasteiger partial charge in [0.25, 0.3) is 0 Å². The molecular formula is C58H34OS. The summed E-state index contributed by atoms with van der Waals surface area (Å²) in [5.41, 5.74) is 11.8. The van der Waals surface area contributed by atoms with Crippen LogP contribution in [0.4, 0.5) is 0 Å². The fourth-order valence-electron chi connectivity index (χ4n) is 10.1. The van der Waals surface area contributed by atoms with E-state index in [0.29, 0.717) is 0 Å². The van der Waals surface area contributed by atoms with Gasteiger partial charge < -0.3 is 4.42 Å². The normalized spacial score (nSPS) is 12.0. The molecule has 0 atom stereocenters. The molecule has 0 aliphatic rings. The lowest BCUT2D eigenvalue weighted by atomic mass is 9.85. The molecule has 0 aliphatic heterocycles. The van der Waals surface area contributed by atoms with Gasteiger partial charge in [-0.3, -0.25) is 0 Å². The van der Waals surface area contributed by atoms with Crippen LogP contribution >= 0.6 is 11.3 Å². The van der Waals surface area contributed by atoms with Crippen LogP contribution in [-0.4, -0.2) is 0 Å². The monoisotopic (exact) mass is 778 g/mol. The number of fused-ring (bicyclic) bond motifs is 10. The van der Waals surface area contributed by atoms with Gasteiger partial charge in [-0.2, -0.15) is 0 Å². The fraction of sp³-hybridized carbons (Fsp3) is 0. The lowest BCUT2D eigenvalue weighted by Crippen LogP contribution is -1.91. The van der Waals surface area contributed by atoms with Gasteiger partial charge in [0.15, 0.2) is 0 Å². The van der Waals surface area contributed by atoms with E-state index < -0.39 is 0 Å². The summed E-state index contributed by atoms with van der Waals surface area (Å²) < 4.78 is 8.98. The van der Waals surface area contributed by atoms with E-state index in [1.165, 1.54) is 102 Å². The highest BCUT2D eigenvalue weighted by Gasteiger charge is 2.20. The lowest BCUT2D eigenvalue weighted by molar-refractivity contribution is 0.669. The van der Waals surface area contributed by atoms with Crippen LogP contribution in [0.25, 0.3) is 130 Å². The Morgan fingerprint density at radius 1 is 0.233 bits per heavy atom. The molecule has 0 saturated carbocycles. The van der Waals surface area contributed by atoms with E-state index in [9.17, 15) is 0 Å². The minimum Gasteiger partial charge on any atom is -0.456 e. The average Bonchev–Trinajstić information content (AvgIpc) is 3.87. The van der Waals surface area contributed by atoms with E-state index in [1.807, 2.05) is 17.4 Å². The van der Waals surface area contributed by atoms with E-state index in [0.717, 1.165) is 27.5 Å². The largest absolute Gasteiger partial charge is 0.456 e. The summed E-state index contributed by atoms with van der Waals surface area (Å²) >= 11 is 1.88. The minimum atomic E-state index is 0.912. The van der Waals surface area contributed by atoms with Gasteiger partial charge in [-0.15, -0.1) is 11.3 Å². The van der Waals surface area contributed by atoms with E-state index in [4.69, 9.17) is 4.42 Å². The molecule has 0 fully saturated rings. The highest BCUT2D eigenvalue weighted by molar-refractivity contribution is 7.25. The summed E-state index contributed by atoms with van der Waals surface area (Å²) in [4.78, 5) is 0. The Kier molecular flexibility index (Phi) is 7.24. The van der Waals surface area contributed by atoms with Gasteiger partial charge in [-0.05, 0) is 124 Å². The maximum Gasteiger partial charge on any atom is 0.136 e. The second-order valence-corrected chi connectivity index (χ2v) is 17.0.